The molecule has 1 saturated heterocycles. The molecule has 2 rings (SSSR count). The van der Waals surface area contributed by atoms with Gasteiger partial charge in [0, 0.05) is 24.5 Å². The summed E-state index contributed by atoms with van der Waals surface area (Å²) in [6.07, 6.45) is 1.45. The van der Waals surface area contributed by atoms with Gasteiger partial charge in [-0.25, -0.2) is 8.42 Å². The van der Waals surface area contributed by atoms with Crippen LogP contribution >= 0.6 is 11.6 Å². The average molecular weight is 316 g/mol. The van der Waals surface area contributed by atoms with Gasteiger partial charge in [-0.2, -0.15) is 0 Å². The number of hydrogen-bond donors (Lipinski definition) is 0. The van der Waals surface area contributed by atoms with E-state index < -0.39 is 9.84 Å². The van der Waals surface area contributed by atoms with Crippen molar-refractivity contribution in [3.05, 3.63) is 34.9 Å². The Morgan fingerprint density at radius 3 is 2.70 bits per heavy atom. The number of rotatable bonds is 4. The van der Waals surface area contributed by atoms with E-state index in [1.54, 1.807) is 18.0 Å². The van der Waals surface area contributed by atoms with E-state index in [9.17, 15) is 13.2 Å². The number of carbonyl (C=O) groups excluding carboxylic acids is 1. The van der Waals surface area contributed by atoms with Crippen molar-refractivity contribution < 1.29 is 13.2 Å². The van der Waals surface area contributed by atoms with Gasteiger partial charge in [0.15, 0.2) is 9.84 Å². The molecule has 0 aliphatic carbocycles. The molecule has 6 heteroatoms. The van der Waals surface area contributed by atoms with Gasteiger partial charge in [0.2, 0.25) is 5.91 Å². The zero-order valence-corrected chi connectivity index (χ0v) is 13.0. The lowest BCUT2D eigenvalue weighted by Crippen LogP contribution is -2.37. The number of carbonyl (C=O) groups is 1. The summed E-state index contributed by atoms with van der Waals surface area (Å²) >= 11 is 6.05. The van der Waals surface area contributed by atoms with Crippen molar-refractivity contribution in [3.8, 4) is 0 Å². The van der Waals surface area contributed by atoms with Crippen molar-refractivity contribution >= 4 is 27.3 Å². The maximum absolute atomic E-state index is 12.1. The van der Waals surface area contributed by atoms with Crippen LogP contribution in [0.2, 0.25) is 5.02 Å². The molecule has 1 aliphatic heterocycles. The first-order chi connectivity index (χ1) is 9.39. The van der Waals surface area contributed by atoms with Crippen molar-refractivity contribution in [1.82, 2.24) is 4.90 Å². The van der Waals surface area contributed by atoms with E-state index >= 15 is 0 Å². The van der Waals surface area contributed by atoms with Crippen LogP contribution in [0.25, 0.3) is 0 Å². The average Bonchev–Trinajstić information content (AvgIpc) is 2.77. The lowest BCUT2D eigenvalue weighted by molar-refractivity contribution is -0.131. The molecule has 1 aliphatic rings. The molecule has 0 bridgehead atoms. The number of benzene rings is 1. The molecule has 1 unspecified atom stereocenters. The molecule has 0 saturated carbocycles. The Morgan fingerprint density at radius 1 is 1.40 bits per heavy atom. The number of nitrogens with zero attached hydrogens (tertiary/aromatic N) is 1. The minimum atomic E-state index is -2.96. The fourth-order valence-corrected chi connectivity index (χ4v) is 4.41. The van der Waals surface area contributed by atoms with E-state index in [1.165, 1.54) is 0 Å². The summed E-state index contributed by atoms with van der Waals surface area (Å²) in [4.78, 5) is 13.7. The van der Waals surface area contributed by atoms with Crippen LogP contribution in [0.4, 0.5) is 0 Å². The Balaban J connectivity index is 1.91. The van der Waals surface area contributed by atoms with Crippen molar-refractivity contribution in [2.24, 2.45) is 0 Å². The monoisotopic (exact) mass is 315 g/mol. The Hall–Kier alpha value is -1.07. The Kier molecular flexibility index (Phi) is 4.70. The molecule has 1 atom stereocenters. The highest BCUT2D eigenvalue weighted by Gasteiger charge is 2.32. The second kappa shape index (κ2) is 6.14. The van der Waals surface area contributed by atoms with Gasteiger partial charge in [0.05, 0.1) is 11.5 Å². The maximum atomic E-state index is 12.1. The van der Waals surface area contributed by atoms with E-state index in [4.69, 9.17) is 11.6 Å². The SMILES string of the molecule is CN(C(=O)CCc1ccccc1Cl)C1CCS(=O)(=O)C1. The van der Waals surface area contributed by atoms with Crippen LogP contribution in [-0.2, 0) is 21.1 Å². The third kappa shape index (κ3) is 3.73. The molecule has 20 heavy (non-hydrogen) atoms. The summed E-state index contributed by atoms with van der Waals surface area (Å²) in [5.74, 6) is 0.230. The number of sulfone groups is 1. The van der Waals surface area contributed by atoms with Crippen LogP contribution < -0.4 is 0 Å². The minimum absolute atomic E-state index is 0.0352. The van der Waals surface area contributed by atoms with Gasteiger partial charge < -0.3 is 4.90 Å². The van der Waals surface area contributed by atoms with Gasteiger partial charge in [-0.05, 0) is 24.5 Å². The maximum Gasteiger partial charge on any atom is 0.222 e. The van der Waals surface area contributed by atoms with E-state index in [1.807, 2.05) is 18.2 Å². The quantitative estimate of drug-likeness (QED) is 0.853. The van der Waals surface area contributed by atoms with Gasteiger partial charge >= 0.3 is 0 Å². The second-order valence-electron chi connectivity index (χ2n) is 5.15. The molecule has 0 N–H and O–H groups in total. The van der Waals surface area contributed by atoms with Crippen molar-refractivity contribution in [2.75, 3.05) is 18.6 Å². The third-order valence-corrected chi connectivity index (χ3v) is 5.83. The molecule has 1 heterocycles. The van der Waals surface area contributed by atoms with Gasteiger partial charge in [-0.3, -0.25) is 4.79 Å². The zero-order chi connectivity index (χ0) is 14.8. The molecule has 1 amide bonds. The fraction of sp³-hybridized carbons (Fsp3) is 0.500. The molecule has 1 fully saturated rings. The molecule has 0 spiro atoms. The van der Waals surface area contributed by atoms with E-state index in [-0.39, 0.29) is 23.5 Å². The molecule has 1 aromatic rings. The largest absolute Gasteiger partial charge is 0.342 e. The Morgan fingerprint density at radius 2 is 2.10 bits per heavy atom. The molecule has 0 radical (unpaired) electrons. The van der Waals surface area contributed by atoms with Gasteiger partial charge in [0.25, 0.3) is 0 Å². The van der Waals surface area contributed by atoms with Crippen molar-refractivity contribution in [1.29, 1.82) is 0 Å². The van der Waals surface area contributed by atoms with E-state index in [2.05, 4.69) is 0 Å². The molecule has 0 aromatic heterocycles. The highest BCUT2D eigenvalue weighted by molar-refractivity contribution is 7.91. The van der Waals surface area contributed by atoms with Crippen LogP contribution in [0.1, 0.15) is 18.4 Å². The number of amides is 1. The van der Waals surface area contributed by atoms with Crippen LogP contribution in [0, 0.1) is 0 Å². The van der Waals surface area contributed by atoms with Gasteiger partial charge in [-0.1, -0.05) is 29.8 Å². The summed E-state index contributed by atoms with van der Waals surface area (Å²) in [7, 11) is -1.28. The Labute approximate surface area is 124 Å². The highest BCUT2D eigenvalue weighted by Crippen LogP contribution is 2.19. The van der Waals surface area contributed by atoms with Gasteiger partial charge in [0.1, 0.15) is 0 Å². The standard InChI is InChI=1S/C14H18ClNO3S/c1-16(12-8-9-20(18,19)10-12)14(17)7-6-11-4-2-3-5-13(11)15/h2-5,12H,6-10H2,1H3. The number of aryl methyl sites for hydroxylation is 1. The molecule has 1 aromatic carbocycles. The zero-order valence-electron chi connectivity index (χ0n) is 11.4. The number of hydrogen-bond acceptors (Lipinski definition) is 3. The first kappa shape index (κ1) is 15.3. The highest BCUT2D eigenvalue weighted by atomic mass is 35.5. The fourth-order valence-electron chi connectivity index (χ4n) is 2.40. The summed E-state index contributed by atoms with van der Waals surface area (Å²) in [6.45, 7) is 0. The Bertz CT molecular complexity index is 600. The number of halogens is 1. The predicted molar refractivity (Wildman–Crippen MR) is 79.6 cm³/mol. The second-order valence-corrected chi connectivity index (χ2v) is 7.79. The van der Waals surface area contributed by atoms with Crippen LogP contribution in [-0.4, -0.2) is 43.8 Å². The summed E-state index contributed by atoms with van der Waals surface area (Å²) in [6, 6.07) is 7.26. The van der Waals surface area contributed by atoms with Crippen molar-refractivity contribution in [3.63, 3.8) is 0 Å². The molecule has 110 valence electrons. The van der Waals surface area contributed by atoms with Crippen LogP contribution in [0.3, 0.4) is 0 Å². The third-order valence-electron chi connectivity index (χ3n) is 3.72. The summed E-state index contributed by atoms with van der Waals surface area (Å²) in [5.41, 5.74) is 0.940. The van der Waals surface area contributed by atoms with Gasteiger partial charge in [-0.15, -0.1) is 0 Å². The van der Waals surface area contributed by atoms with Crippen molar-refractivity contribution in [2.45, 2.75) is 25.3 Å². The minimum Gasteiger partial charge on any atom is -0.342 e. The molecular formula is C14H18ClNO3S. The summed E-state index contributed by atoms with van der Waals surface area (Å²) in [5, 5.41) is 0.659. The first-order valence-corrected chi connectivity index (χ1v) is 8.78. The topological polar surface area (TPSA) is 54.5 Å². The van der Waals surface area contributed by atoms with E-state index in [0.717, 1.165) is 5.56 Å². The first-order valence-electron chi connectivity index (χ1n) is 6.58. The van der Waals surface area contributed by atoms with Crippen LogP contribution in [0.5, 0.6) is 0 Å². The van der Waals surface area contributed by atoms with Crippen LogP contribution in [0.15, 0.2) is 24.3 Å². The predicted octanol–water partition coefficient (Wildman–Crippen LogP) is 1.92. The lowest BCUT2D eigenvalue weighted by Gasteiger charge is -2.23. The normalized spacial score (nSPS) is 20.8. The lowest BCUT2D eigenvalue weighted by atomic mass is 10.1. The molecule has 4 nitrogen and oxygen atoms in total. The smallest absolute Gasteiger partial charge is 0.222 e. The van der Waals surface area contributed by atoms with E-state index in [0.29, 0.717) is 24.3 Å². The molecular weight excluding hydrogens is 298 g/mol. The summed E-state index contributed by atoms with van der Waals surface area (Å²) < 4.78 is 22.9.